The van der Waals surface area contributed by atoms with Crippen molar-refractivity contribution in [1.29, 1.82) is 0 Å². The Balaban J connectivity index is 1.57. The third kappa shape index (κ3) is 4.42. The van der Waals surface area contributed by atoms with Gasteiger partial charge in [-0.05, 0) is 51.0 Å². The summed E-state index contributed by atoms with van der Waals surface area (Å²) in [4.78, 5) is 12.4. The molecule has 28 heavy (non-hydrogen) atoms. The van der Waals surface area contributed by atoms with Crippen LogP contribution in [0.25, 0.3) is 5.69 Å². The summed E-state index contributed by atoms with van der Waals surface area (Å²) in [5, 5.41) is 7.52. The van der Waals surface area contributed by atoms with Crippen molar-refractivity contribution in [2.45, 2.75) is 40.2 Å². The molecule has 0 unspecified atom stereocenters. The average Bonchev–Trinajstić information content (AvgIpc) is 3.06. The first-order valence-electron chi connectivity index (χ1n) is 9.55. The number of aryl methyl sites for hydroxylation is 2. The van der Waals surface area contributed by atoms with Crippen LogP contribution >= 0.6 is 0 Å². The fraction of sp³-hybridized carbons (Fsp3) is 0.304. The number of amides is 1. The first kappa shape index (κ1) is 19.7. The average molecular weight is 377 g/mol. The zero-order valence-corrected chi connectivity index (χ0v) is 16.9. The van der Waals surface area contributed by atoms with E-state index in [9.17, 15) is 4.79 Å². The Hall–Kier alpha value is -3.08. The molecule has 0 aliphatic carbocycles. The van der Waals surface area contributed by atoms with E-state index in [1.165, 1.54) is 0 Å². The molecule has 5 nitrogen and oxygen atoms in total. The van der Waals surface area contributed by atoms with Gasteiger partial charge < -0.3 is 10.1 Å². The van der Waals surface area contributed by atoms with Crippen LogP contribution in [-0.4, -0.2) is 22.3 Å². The third-order valence-electron chi connectivity index (χ3n) is 4.88. The minimum absolute atomic E-state index is 0.0365. The van der Waals surface area contributed by atoms with Crippen molar-refractivity contribution in [2.75, 3.05) is 6.61 Å². The van der Waals surface area contributed by atoms with Gasteiger partial charge >= 0.3 is 0 Å². The molecule has 5 heteroatoms. The van der Waals surface area contributed by atoms with Gasteiger partial charge in [-0.1, -0.05) is 36.4 Å². The standard InChI is InChI=1S/C23H27N3O2/c1-16-9-8-10-17(2)23(16)28-14-13-22(27)25-18(3)21-15-24-26(19(21)4)20-11-6-5-7-12-20/h5-12,15,18H,13-14H2,1-4H3,(H,25,27)/t18-/m0/s1. The minimum atomic E-state index is -0.120. The highest BCUT2D eigenvalue weighted by Crippen LogP contribution is 2.23. The molecule has 1 heterocycles. The van der Waals surface area contributed by atoms with Crippen LogP contribution < -0.4 is 10.1 Å². The molecule has 0 saturated heterocycles. The number of benzene rings is 2. The zero-order chi connectivity index (χ0) is 20.1. The van der Waals surface area contributed by atoms with Gasteiger partial charge in [0.15, 0.2) is 0 Å². The van der Waals surface area contributed by atoms with Crippen molar-refractivity contribution in [3.63, 3.8) is 0 Å². The molecule has 1 N–H and O–H groups in total. The Kier molecular flexibility index (Phi) is 6.14. The van der Waals surface area contributed by atoms with Gasteiger partial charge in [0.1, 0.15) is 5.75 Å². The molecule has 0 bridgehead atoms. The van der Waals surface area contributed by atoms with E-state index in [1.807, 2.05) is 87.1 Å². The lowest BCUT2D eigenvalue weighted by molar-refractivity contribution is -0.122. The van der Waals surface area contributed by atoms with Gasteiger partial charge in [-0.3, -0.25) is 4.79 Å². The molecule has 1 atom stereocenters. The molecule has 0 spiro atoms. The minimum Gasteiger partial charge on any atom is -0.493 e. The molecular weight excluding hydrogens is 350 g/mol. The Morgan fingerprint density at radius 3 is 2.43 bits per heavy atom. The Morgan fingerprint density at radius 1 is 1.07 bits per heavy atom. The summed E-state index contributed by atoms with van der Waals surface area (Å²) in [6, 6.07) is 15.9. The van der Waals surface area contributed by atoms with Gasteiger partial charge in [0.2, 0.25) is 5.91 Å². The fourth-order valence-electron chi connectivity index (χ4n) is 3.34. The predicted molar refractivity (Wildman–Crippen MR) is 111 cm³/mol. The van der Waals surface area contributed by atoms with Crippen molar-refractivity contribution < 1.29 is 9.53 Å². The maximum Gasteiger partial charge on any atom is 0.223 e. The summed E-state index contributed by atoms with van der Waals surface area (Å²) >= 11 is 0. The second-order valence-electron chi connectivity index (χ2n) is 7.04. The summed E-state index contributed by atoms with van der Waals surface area (Å²) in [5.41, 5.74) is 5.20. The summed E-state index contributed by atoms with van der Waals surface area (Å²) in [6.45, 7) is 8.37. The molecule has 0 fully saturated rings. The van der Waals surface area contributed by atoms with Crippen LogP contribution in [0.5, 0.6) is 5.75 Å². The van der Waals surface area contributed by atoms with Crippen LogP contribution in [-0.2, 0) is 4.79 Å². The van der Waals surface area contributed by atoms with E-state index < -0.39 is 0 Å². The Bertz CT molecular complexity index is 927. The SMILES string of the molecule is Cc1cccc(C)c1OCCC(=O)N[C@@H](C)c1cnn(-c2ccccc2)c1C. The van der Waals surface area contributed by atoms with Gasteiger partial charge in [-0.25, -0.2) is 4.68 Å². The molecule has 1 amide bonds. The maximum absolute atomic E-state index is 12.4. The highest BCUT2D eigenvalue weighted by Gasteiger charge is 2.16. The second kappa shape index (κ2) is 8.74. The fourth-order valence-corrected chi connectivity index (χ4v) is 3.34. The third-order valence-corrected chi connectivity index (χ3v) is 4.88. The van der Waals surface area contributed by atoms with Gasteiger partial charge in [0.05, 0.1) is 31.0 Å². The predicted octanol–water partition coefficient (Wildman–Crippen LogP) is 4.44. The highest BCUT2D eigenvalue weighted by atomic mass is 16.5. The molecule has 0 radical (unpaired) electrons. The van der Waals surface area contributed by atoms with E-state index in [1.54, 1.807) is 0 Å². The lowest BCUT2D eigenvalue weighted by Gasteiger charge is -2.15. The van der Waals surface area contributed by atoms with Crippen molar-refractivity contribution >= 4 is 5.91 Å². The molecule has 146 valence electrons. The smallest absolute Gasteiger partial charge is 0.223 e. The molecule has 2 aromatic carbocycles. The second-order valence-corrected chi connectivity index (χ2v) is 7.04. The van der Waals surface area contributed by atoms with Crippen LogP contribution in [0, 0.1) is 20.8 Å². The van der Waals surface area contributed by atoms with Crippen molar-refractivity contribution in [3.05, 3.63) is 77.1 Å². The van der Waals surface area contributed by atoms with E-state index in [-0.39, 0.29) is 11.9 Å². The number of nitrogens with zero attached hydrogens (tertiary/aromatic N) is 2. The number of para-hydroxylation sites is 2. The number of hydrogen-bond acceptors (Lipinski definition) is 3. The lowest BCUT2D eigenvalue weighted by atomic mass is 10.1. The van der Waals surface area contributed by atoms with Crippen LogP contribution in [0.3, 0.4) is 0 Å². The first-order valence-corrected chi connectivity index (χ1v) is 9.55. The van der Waals surface area contributed by atoms with E-state index in [0.717, 1.165) is 33.8 Å². The van der Waals surface area contributed by atoms with Crippen LogP contribution in [0.4, 0.5) is 0 Å². The summed E-state index contributed by atoms with van der Waals surface area (Å²) < 4.78 is 7.72. The number of hydrogen-bond donors (Lipinski definition) is 1. The number of aromatic nitrogens is 2. The molecule has 0 aliphatic heterocycles. The van der Waals surface area contributed by atoms with Crippen LogP contribution in [0.1, 0.15) is 41.8 Å². The molecular formula is C23H27N3O2. The lowest BCUT2D eigenvalue weighted by Crippen LogP contribution is -2.28. The number of carbonyl (C=O) groups excluding carboxylic acids is 1. The zero-order valence-electron chi connectivity index (χ0n) is 16.9. The Morgan fingerprint density at radius 2 is 1.75 bits per heavy atom. The number of rotatable bonds is 7. The molecule has 0 aliphatic rings. The van der Waals surface area contributed by atoms with E-state index >= 15 is 0 Å². The normalized spacial score (nSPS) is 11.9. The summed E-state index contributed by atoms with van der Waals surface area (Å²) in [5.74, 6) is 0.828. The number of ether oxygens (including phenoxy) is 1. The van der Waals surface area contributed by atoms with Gasteiger partial charge in [-0.2, -0.15) is 5.10 Å². The van der Waals surface area contributed by atoms with Crippen molar-refractivity contribution in [1.82, 2.24) is 15.1 Å². The van der Waals surface area contributed by atoms with Crippen molar-refractivity contribution in [3.8, 4) is 11.4 Å². The summed E-state index contributed by atoms with van der Waals surface area (Å²) in [6.07, 6.45) is 2.13. The Labute approximate surface area is 166 Å². The maximum atomic E-state index is 12.4. The first-order chi connectivity index (χ1) is 13.5. The van der Waals surface area contributed by atoms with Gasteiger partial charge in [0.25, 0.3) is 0 Å². The quantitative estimate of drug-likeness (QED) is 0.662. The highest BCUT2D eigenvalue weighted by molar-refractivity contribution is 5.76. The van der Waals surface area contributed by atoms with E-state index in [0.29, 0.717) is 13.0 Å². The van der Waals surface area contributed by atoms with Crippen LogP contribution in [0.15, 0.2) is 54.7 Å². The van der Waals surface area contributed by atoms with E-state index in [2.05, 4.69) is 10.4 Å². The monoisotopic (exact) mass is 377 g/mol. The molecule has 3 aromatic rings. The largest absolute Gasteiger partial charge is 0.493 e. The molecule has 0 saturated carbocycles. The topological polar surface area (TPSA) is 56.1 Å². The van der Waals surface area contributed by atoms with E-state index in [4.69, 9.17) is 4.74 Å². The molecule has 1 aromatic heterocycles. The van der Waals surface area contributed by atoms with Crippen molar-refractivity contribution in [2.24, 2.45) is 0 Å². The summed E-state index contributed by atoms with van der Waals surface area (Å²) in [7, 11) is 0. The number of nitrogens with one attached hydrogen (secondary N) is 1. The number of carbonyl (C=O) groups is 1. The van der Waals surface area contributed by atoms with Gasteiger partial charge in [-0.15, -0.1) is 0 Å². The van der Waals surface area contributed by atoms with Crippen LogP contribution in [0.2, 0.25) is 0 Å². The molecule has 3 rings (SSSR count). The van der Waals surface area contributed by atoms with Gasteiger partial charge in [0, 0.05) is 11.3 Å².